The van der Waals surface area contributed by atoms with E-state index in [9.17, 15) is 0 Å². The Kier molecular flexibility index (Phi) is 8.13. The molecule has 0 aromatic heterocycles. The van der Waals surface area contributed by atoms with Crippen LogP contribution in [0.1, 0.15) is 27.7 Å². The molecule has 0 spiro atoms. The predicted molar refractivity (Wildman–Crippen MR) is 119 cm³/mol. The maximum Gasteiger partial charge on any atom is 0.329 e. The van der Waals surface area contributed by atoms with Crippen LogP contribution in [-0.2, 0) is 18.9 Å². The lowest BCUT2D eigenvalue weighted by Crippen LogP contribution is -3.12. The van der Waals surface area contributed by atoms with E-state index in [1.807, 2.05) is 0 Å². The monoisotopic (exact) mass is 644 g/mol. The molecule has 0 saturated heterocycles. The summed E-state index contributed by atoms with van der Waals surface area (Å²) in [4.78, 5) is 0. The number of halogens is 12. The van der Waals surface area contributed by atoms with Crippen LogP contribution in [0.25, 0.3) is 0 Å². The molecule has 4 unspecified atom stereocenters. The third-order valence-electron chi connectivity index (χ3n) is 7.56. The van der Waals surface area contributed by atoms with Gasteiger partial charge in [-0.1, -0.05) is 0 Å². The lowest BCUT2D eigenvalue weighted by Gasteiger charge is -2.79. The van der Waals surface area contributed by atoms with Gasteiger partial charge in [0.15, 0.2) is 0 Å². The zero-order valence-corrected chi connectivity index (χ0v) is 22.6. The average Bonchev–Trinajstić information content (AvgIpc) is 2.75. The van der Waals surface area contributed by atoms with E-state index >= 15 is 52.7 Å². The predicted octanol–water partition coefficient (Wildman–Crippen LogP) is 2.25. The zero-order chi connectivity index (χ0) is 33.0. The Bertz CT molecular complexity index is 806. The Hall–Kier alpha value is -1.16. The van der Waals surface area contributed by atoms with Crippen LogP contribution in [-0.4, -0.2) is 109 Å². The van der Waals surface area contributed by atoms with Crippen LogP contribution in [0.5, 0.6) is 0 Å². The van der Waals surface area contributed by atoms with Gasteiger partial charge in [-0.15, -0.1) is 0 Å². The van der Waals surface area contributed by atoms with Gasteiger partial charge in [-0.3, -0.25) is 0 Å². The lowest BCUT2D eigenvalue weighted by molar-refractivity contribution is -0.649. The quantitative estimate of drug-likeness (QED) is 0.237. The fraction of sp³-hybridized carbons (Fsp3) is 1.00. The Morgan fingerprint density at radius 3 is 0.571 bits per heavy atom. The highest BCUT2D eigenvalue weighted by atomic mass is 19.3. The van der Waals surface area contributed by atoms with E-state index < -0.39 is 109 Å². The maximum atomic E-state index is 16.4. The van der Waals surface area contributed by atoms with Gasteiger partial charge < -0.3 is 41.9 Å². The van der Waals surface area contributed by atoms with Crippen LogP contribution in [0.2, 0.25) is 0 Å². The van der Waals surface area contributed by atoms with Crippen LogP contribution in [0, 0.1) is 0 Å². The van der Waals surface area contributed by atoms with Gasteiger partial charge in [0.05, 0.1) is 26.4 Å². The summed E-state index contributed by atoms with van der Waals surface area (Å²) >= 11 is 0. The molecule has 0 aliphatic heterocycles. The molecule has 20 heteroatoms. The number of hydrogen-bond donors (Lipinski definition) is 4. The zero-order valence-electron chi connectivity index (χ0n) is 22.6. The fourth-order valence-corrected chi connectivity index (χ4v) is 5.97. The number of rotatable bonds is 12. The normalized spacial score (nSPS) is 40.9. The van der Waals surface area contributed by atoms with Gasteiger partial charge in [-0.2, -0.15) is 52.7 Å². The van der Waals surface area contributed by atoms with Gasteiger partial charge in [0, 0.05) is 24.2 Å². The van der Waals surface area contributed by atoms with Crippen LogP contribution in [0.4, 0.5) is 52.7 Å². The molecule has 4 atom stereocenters. The van der Waals surface area contributed by atoms with Gasteiger partial charge in [0.1, 0.15) is 0 Å². The van der Waals surface area contributed by atoms with E-state index in [0.29, 0.717) is 0 Å². The Balaban J connectivity index is 2.73. The lowest BCUT2D eigenvalue weighted by atomic mass is 9.38. The van der Waals surface area contributed by atoms with Crippen LogP contribution in [0.15, 0.2) is 0 Å². The molecular weight excluding hydrogens is 612 g/mol. The van der Waals surface area contributed by atoms with Crippen molar-refractivity contribution in [3.63, 3.8) is 0 Å². The Morgan fingerprint density at radius 2 is 0.476 bits per heavy atom. The second-order valence-corrected chi connectivity index (χ2v) is 11.3. The maximum absolute atomic E-state index is 16.4. The van der Waals surface area contributed by atoms with Gasteiger partial charge in [-0.05, 0) is 27.7 Å². The molecule has 42 heavy (non-hydrogen) atoms. The molecule has 8 nitrogen and oxygen atoms in total. The van der Waals surface area contributed by atoms with Crippen LogP contribution < -0.4 is 22.9 Å². The molecule has 0 aromatic carbocycles. The molecule has 4 rings (SSSR count). The van der Waals surface area contributed by atoms with E-state index in [2.05, 4.69) is 18.9 Å². The van der Waals surface area contributed by atoms with E-state index in [0.717, 1.165) is 27.7 Å². The first-order chi connectivity index (χ1) is 18.7. The minimum Gasteiger partial charge on any atom is -0.356 e. The molecule has 0 aromatic rings. The van der Waals surface area contributed by atoms with Crippen molar-refractivity contribution in [1.82, 2.24) is 0 Å². The van der Waals surface area contributed by atoms with Crippen molar-refractivity contribution in [1.29, 1.82) is 0 Å². The molecule has 8 N–H and O–H groups in total. The smallest absolute Gasteiger partial charge is 0.329 e. The second kappa shape index (κ2) is 9.67. The van der Waals surface area contributed by atoms with Crippen LogP contribution >= 0.6 is 0 Å². The number of nitrogens with two attached hydrogens (primary N) is 4. The van der Waals surface area contributed by atoms with Gasteiger partial charge >= 0.3 is 35.5 Å². The van der Waals surface area contributed by atoms with E-state index in [1.54, 1.807) is 0 Å². The number of hydrogen-bond acceptors (Lipinski definition) is 8. The summed E-state index contributed by atoms with van der Waals surface area (Å²) in [7, 11) is 0. The van der Waals surface area contributed by atoms with Gasteiger partial charge in [0.25, 0.3) is 22.4 Å². The number of ether oxygens (including phenoxy) is 4. The summed E-state index contributed by atoms with van der Waals surface area (Å²) < 4.78 is 214. The van der Waals surface area contributed by atoms with Crippen molar-refractivity contribution in [3.05, 3.63) is 0 Å². The third kappa shape index (κ3) is 3.25. The minimum atomic E-state index is -6.91. The summed E-state index contributed by atoms with van der Waals surface area (Å²) in [6.45, 7) is -3.89. The summed E-state index contributed by atoms with van der Waals surface area (Å²) in [6, 6.07) is -6.93. The molecule has 4 bridgehead atoms. The molecule has 0 heterocycles. The number of alkyl halides is 12. The van der Waals surface area contributed by atoms with Crippen molar-refractivity contribution < 1.29 is 71.6 Å². The minimum absolute atomic E-state index is 0.819. The highest BCUT2D eigenvalue weighted by Gasteiger charge is 3.22. The molecule has 248 valence electrons. The van der Waals surface area contributed by atoms with Gasteiger partial charge in [0.2, 0.25) is 0 Å². The highest BCUT2D eigenvalue weighted by Crippen LogP contribution is 2.88. The summed E-state index contributed by atoms with van der Waals surface area (Å²) in [5.41, 5.74) is -3.94. The molecule has 4 aliphatic rings. The van der Waals surface area contributed by atoms with Crippen molar-refractivity contribution >= 4 is 0 Å². The Labute approximate surface area is 231 Å². The molecule has 4 aliphatic carbocycles. The SMILES string of the molecule is CC(N)COC12C(F)(F)C3(OCC(C)N)C(F)(F)C(OCC(C)N)(C1(F)F)C(F)(F)C(OCC(C)N)(C2(F)F)C3(F)F. The molecular formula is C22H32F12N4O4. The van der Waals surface area contributed by atoms with E-state index in [-0.39, 0.29) is 0 Å². The molecule has 0 radical (unpaired) electrons. The standard InChI is InChI=1S/C22H32F12N4O4/c1-9(35)5-39-13-17(23,24)14(40-6-10(2)36)20(29,30)15(18(13,25)26,41-7-11(3)37)22(33,34)16(19(13,27)28,21(14,31)32)42-8-12(4)38/h9-12H,5-8,35-38H2,1-4H3. The molecule has 4 saturated carbocycles. The third-order valence-corrected chi connectivity index (χ3v) is 7.56. The topological polar surface area (TPSA) is 141 Å². The molecule has 0 amide bonds. The molecule has 4 fully saturated rings. The van der Waals surface area contributed by atoms with Crippen molar-refractivity contribution in [2.75, 3.05) is 26.4 Å². The van der Waals surface area contributed by atoms with Crippen molar-refractivity contribution in [2.24, 2.45) is 22.9 Å². The van der Waals surface area contributed by atoms with Crippen molar-refractivity contribution in [3.8, 4) is 0 Å². The Morgan fingerprint density at radius 1 is 0.357 bits per heavy atom. The first-order valence-corrected chi connectivity index (χ1v) is 12.5. The van der Waals surface area contributed by atoms with E-state index in [4.69, 9.17) is 22.9 Å². The first-order valence-electron chi connectivity index (χ1n) is 12.5. The summed E-state index contributed by atoms with van der Waals surface area (Å²) in [5, 5.41) is 0. The summed E-state index contributed by atoms with van der Waals surface area (Å²) in [5.74, 6) is -41.5. The van der Waals surface area contributed by atoms with Crippen LogP contribution in [0.3, 0.4) is 0 Å². The summed E-state index contributed by atoms with van der Waals surface area (Å²) in [6.07, 6.45) is 0. The van der Waals surface area contributed by atoms with E-state index in [1.165, 1.54) is 0 Å². The highest BCUT2D eigenvalue weighted by molar-refractivity contribution is 5.55. The van der Waals surface area contributed by atoms with Gasteiger partial charge in [-0.25, -0.2) is 0 Å². The fourth-order valence-electron chi connectivity index (χ4n) is 5.97. The van der Waals surface area contributed by atoms with Crippen molar-refractivity contribution in [2.45, 2.75) is 110 Å². The largest absolute Gasteiger partial charge is 0.356 e. The average molecular weight is 644 g/mol. The second-order valence-electron chi connectivity index (χ2n) is 11.3. The first kappa shape index (κ1) is 35.3.